The van der Waals surface area contributed by atoms with E-state index < -0.39 is 43.3 Å². The molecule has 0 fully saturated rings. The molecule has 1 aromatic carbocycles. The summed E-state index contributed by atoms with van der Waals surface area (Å²) in [5, 5.41) is 53.3. The molecule has 0 aliphatic carbocycles. The average Bonchev–Trinajstić information content (AvgIpc) is 2.15. The molecule has 98 valence electrons. The van der Waals surface area contributed by atoms with Gasteiger partial charge in [-0.05, 0) is 0 Å². The number of benzene rings is 1. The van der Waals surface area contributed by atoms with Gasteiger partial charge in [-0.3, -0.25) is 30.3 Å². The Morgan fingerprint density at radius 1 is 0.789 bits per heavy atom. The number of nitrogens with zero attached hydrogens (tertiary/aromatic N) is 3. The van der Waals surface area contributed by atoms with Crippen molar-refractivity contribution < 1.29 is 30.5 Å². The van der Waals surface area contributed by atoms with Crippen molar-refractivity contribution in [1.82, 2.24) is 0 Å². The minimum Gasteiger partial charge on any atom is -0.863 e. The van der Waals surface area contributed by atoms with Gasteiger partial charge in [-0.1, -0.05) is 0 Å². The van der Waals surface area contributed by atoms with Gasteiger partial charge in [-0.25, -0.2) is 0 Å². The van der Waals surface area contributed by atoms with E-state index in [9.17, 15) is 40.6 Å². The number of rotatable bonds is 3. The van der Waals surface area contributed by atoms with E-state index in [0.29, 0.717) is 0 Å². The molecule has 0 spiro atoms. The molecule has 1 rings (SSSR count). The van der Waals surface area contributed by atoms with E-state index in [4.69, 9.17) is 0 Å². The van der Waals surface area contributed by atoms with Gasteiger partial charge in [-0.15, -0.1) is 0 Å². The second kappa shape index (κ2) is 6.62. The van der Waals surface area contributed by atoms with E-state index in [0.717, 1.165) is 0 Å². The summed E-state index contributed by atoms with van der Waals surface area (Å²) in [4.78, 5) is 26.9. The van der Waals surface area contributed by atoms with Crippen molar-refractivity contribution in [2.75, 3.05) is 0 Å². The summed E-state index contributed by atoms with van der Waals surface area (Å²) < 4.78 is 0. The Kier molecular flexibility index (Phi) is 6.65. The molecule has 0 bridgehead atoms. The van der Waals surface area contributed by atoms with Gasteiger partial charge in [0, 0.05) is 0 Å². The molecule has 0 aliphatic heterocycles. The van der Waals surface area contributed by atoms with Crippen LogP contribution in [0.25, 0.3) is 0 Å². The monoisotopic (exact) mass is 285 g/mol. The van der Waals surface area contributed by atoms with Crippen LogP contribution in [0, 0.1) is 30.3 Å². The molecule has 0 heterocycles. The second-order valence-electron chi connectivity index (χ2n) is 2.69. The van der Waals surface area contributed by atoms with Gasteiger partial charge in [0.25, 0.3) is 17.1 Å². The average molecular weight is 285 g/mol. The molecule has 0 aliphatic rings. The zero-order valence-corrected chi connectivity index (χ0v) is 10.3. The van der Waals surface area contributed by atoms with Gasteiger partial charge >= 0.3 is 23.1 Å². The van der Waals surface area contributed by atoms with Crippen molar-refractivity contribution in [2.45, 2.75) is 0 Å². The summed E-state index contributed by atoms with van der Waals surface area (Å²) in [6, 6.07) is 0.109. The zero-order valence-electron chi connectivity index (χ0n) is 8.89. The molecule has 13 heteroatoms. The standard InChI is InChI=1S/C6H3N3O8.Mg.H2O/c10-5-2(7(12)13)1-3(8(14)15)6(11)4(5)9(16)17;;/h1,10-11H;;1H2/q;+2;/p-2. The predicted octanol–water partition coefficient (Wildman–Crippen LogP) is -1.65. The fourth-order valence-electron chi connectivity index (χ4n) is 1.04. The molecule has 0 radical (unpaired) electrons. The van der Waals surface area contributed by atoms with Crippen LogP contribution in [0.2, 0.25) is 0 Å². The minimum absolute atomic E-state index is 0. The van der Waals surface area contributed by atoms with Crippen molar-refractivity contribution in [3.8, 4) is 11.5 Å². The number of nitro groups is 3. The van der Waals surface area contributed by atoms with Crippen molar-refractivity contribution >= 4 is 40.1 Å². The molecular weight excluding hydrogens is 282 g/mol. The molecule has 0 saturated carbocycles. The Balaban J connectivity index is 0. The predicted molar refractivity (Wildman–Crippen MR) is 54.7 cm³/mol. The first kappa shape index (κ1) is 19.1. The topological polar surface area (TPSA) is 207 Å². The molecule has 0 saturated heterocycles. The Morgan fingerprint density at radius 2 is 1.11 bits per heavy atom. The molecule has 12 nitrogen and oxygen atoms in total. The van der Waals surface area contributed by atoms with Crippen LogP contribution >= 0.6 is 0 Å². The van der Waals surface area contributed by atoms with E-state index in [1.54, 1.807) is 0 Å². The summed E-state index contributed by atoms with van der Waals surface area (Å²) >= 11 is 0. The first-order valence-corrected chi connectivity index (χ1v) is 3.75. The van der Waals surface area contributed by atoms with Gasteiger partial charge in [0.2, 0.25) is 0 Å². The van der Waals surface area contributed by atoms with Gasteiger partial charge in [0.05, 0.1) is 32.3 Å². The summed E-state index contributed by atoms with van der Waals surface area (Å²) in [6.45, 7) is 0. The van der Waals surface area contributed by atoms with Crippen LogP contribution < -0.4 is 10.2 Å². The first-order chi connectivity index (χ1) is 7.77. The van der Waals surface area contributed by atoms with Crippen molar-refractivity contribution in [3.05, 3.63) is 36.4 Å². The molecule has 19 heavy (non-hydrogen) atoms. The number of nitro benzene ring substituents is 3. The van der Waals surface area contributed by atoms with Crippen LogP contribution in [0.1, 0.15) is 0 Å². The third kappa shape index (κ3) is 3.36. The fraction of sp³-hybridized carbons (Fsp3) is 0. The van der Waals surface area contributed by atoms with Crippen LogP contribution in [0.3, 0.4) is 0 Å². The van der Waals surface area contributed by atoms with Gasteiger partial charge < -0.3 is 15.7 Å². The molecule has 0 atom stereocenters. The van der Waals surface area contributed by atoms with Crippen LogP contribution in [-0.2, 0) is 0 Å². The molecule has 1 aromatic rings. The molecule has 0 aromatic heterocycles. The molecule has 0 unspecified atom stereocenters. The number of hydrogen-bond acceptors (Lipinski definition) is 8. The summed E-state index contributed by atoms with van der Waals surface area (Å²) in [5.41, 5.74) is -4.48. The normalized spacial score (nSPS) is 8.84. The molecule has 2 N–H and O–H groups in total. The summed E-state index contributed by atoms with van der Waals surface area (Å²) in [7, 11) is 0. The third-order valence-corrected chi connectivity index (χ3v) is 1.74. The van der Waals surface area contributed by atoms with Gasteiger partial charge in [0.15, 0.2) is 0 Å². The Morgan fingerprint density at radius 3 is 1.32 bits per heavy atom. The number of hydrogen-bond donors (Lipinski definition) is 0. The van der Waals surface area contributed by atoms with E-state index in [2.05, 4.69) is 0 Å². The maximum atomic E-state index is 11.1. The molecular formula is C6H3MgN3O9. The van der Waals surface area contributed by atoms with Crippen molar-refractivity contribution in [2.24, 2.45) is 0 Å². The van der Waals surface area contributed by atoms with Gasteiger partial charge in [0.1, 0.15) is 0 Å². The Labute approximate surface area is 119 Å². The van der Waals surface area contributed by atoms with E-state index >= 15 is 0 Å². The second-order valence-corrected chi connectivity index (χ2v) is 2.69. The minimum atomic E-state index is -1.75. The van der Waals surface area contributed by atoms with E-state index in [1.807, 2.05) is 0 Å². The van der Waals surface area contributed by atoms with Crippen molar-refractivity contribution in [3.63, 3.8) is 0 Å². The molecule has 0 amide bonds. The van der Waals surface area contributed by atoms with E-state index in [1.165, 1.54) is 0 Å². The van der Waals surface area contributed by atoms with Gasteiger partial charge in [-0.2, -0.15) is 0 Å². The van der Waals surface area contributed by atoms with Crippen LogP contribution in [-0.4, -0.2) is 43.3 Å². The maximum absolute atomic E-state index is 11.1. The Bertz CT molecular complexity index is 507. The summed E-state index contributed by atoms with van der Waals surface area (Å²) in [6.07, 6.45) is 0. The Hall–Kier alpha value is -2.25. The van der Waals surface area contributed by atoms with Crippen LogP contribution in [0.5, 0.6) is 11.5 Å². The zero-order chi connectivity index (χ0) is 13.3. The third-order valence-electron chi connectivity index (χ3n) is 1.74. The smallest absolute Gasteiger partial charge is 0.863 e. The van der Waals surface area contributed by atoms with Crippen LogP contribution in [0.15, 0.2) is 6.07 Å². The fourth-order valence-corrected chi connectivity index (χ4v) is 1.04. The van der Waals surface area contributed by atoms with Crippen LogP contribution in [0.4, 0.5) is 17.1 Å². The quantitative estimate of drug-likeness (QED) is 0.356. The van der Waals surface area contributed by atoms with Crippen molar-refractivity contribution in [1.29, 1.82) is 0 Å². The SMILES string of the molecule is O.O=[N+]([O-])c1cc([N+](=O)[O-])c([O-])c([N+](=O)[O-])c1[O-].[Mg+2]. The first-order valence-electron chi connectivity index (χ1n) is 3.75. The summed E-state index contributed by atoms with van der Waals surface area (Å²) in [5.74, 6) is -3.51. The largest absolute Gasteiger partial charge is 2.00 e. The van der Waals surface area contributed by atoms with E-state index in [-0.39, 0.29) is 34.6 Å². The maximum Gasteiger partial charge on any atom is 2.00 e.